The highest BCUT2D eigenvalue weighted by atomic mass is 32.1. The summed E-state index contributed by atoms with van der Waals surface area (Å²) < 4.78 is 16.1. The normalized spacial score (nSPS) is 13.0. The van der Waals surface area contributed by atoms with Gasteiger partial charge in [0.1, 0.15) is 30.0 Å². The molecular formula is C26H38N8O3S. The Labute approximate surface area is 228 Å². The maximum Gasteiger partial charge on any atom is 0.180 e. The highest BCUT2D eigenvalue weighted by Gasteiger charge is 2.07. The molecule has 1 fully saturated rings. The van der Waals surface area contributed by atoms with E-state index in [9.17, 15) is 0 Å². The average Bonchev–Trinajstić information content (AvgIpc) is 3.72. The predicted octanol–water partition coefficient (Wildman–Crippen LogP) is 5.37. The van der Waals surface area contributed by atoms with Gasteiger partial charge in [0.2, 0.25) is 0 Å². The van der Waals surface area contributed by atoms with Gasteiger partial charge in [0.25, 0.3) is 0 Å². The molecule has 0 radical (unpaired) electrons. The molecule has 0 N–H and O–H groups in total. The van der Waals surface area contributed by atoms with Crippen molar-refractivity contribution < 1.29 is 13.7 Å². The Kier molecular flexibility index (Phi) is 17.2. The van der Waals surface area contributed by atoms with Crippen molar-refractivity contribution in [2.75, 3.05) is 13.2 Å². The molecule has 0 bridgehead atoms. The molecule has 5 aromatic heterocycles. The van der Waals surface area contributed by atoms with Gasteiger partial charge in [0, 0.05) is 43.6 Å². The van der Waals surface area contributed by atoms with Crippen LogP contribution in [0, 0.1) is 40.5 Å². The van der Waals surface area contributed by atoms with Crippen LogP contribution in [0.5, 0.6) is 0 Å². The van der Waals surface area contributed by atoms with E-state index in [4.69, 9.17) is 9.15 Å². The molecule has 1 atom stereocenters. The van der Waals surface area contributed by atoms with Gasteiger partial charge < -0.3 is 13.7 Å². The van der Waals surface area contributed by atoms with Crippen LogP contribution in [0.25, 0.3) is 0 Å². The van der Waals surface area contributed by atoms with Gasteiger partial charge in [-0.15, -0.1) is 11.3 Å². The molecule has 1 aliphatic heterocycles. The van der Waals surface area contributed by atoms with E-state index >= 15 is 0 Å². The van der Waals surface area contributed by atoms with Crippen LogP contribution in [0.2, 0.25) is 0 Å². The monoisotopic (exact) mass is 542 g/mol. The smallest absolute Gasteiger partial charge is 0.180 e. The molecule has 1 saturated heterocycles. The second-order valence-corrected chi connectivity index (χ2v) is 9.28. The first-order valence-corrected chi connectivity index (χ1v) is 12.8. The van der Waals surface area contributed by atoms with Crippen LogP contribution in [0.3, 0.4) is 0 Å². The van der Waals surface area contributed by atoms with Crippen molar-refractivity contribution in [3.63, 3.8) is 0 Å². The minimum Gasteiger partial charge on any atom is -0.449 e. The minimum atomic E-state index is 0.759. The molecule has 0 saturated carbocycles. The second kappa shape index (κ2) is 20.3. The van der Waals surface area contributed by atoms with E-state index in [2.05, 4.69) is 46.6 Å². The van der Waals surface area contributed by atoms with Crippen LogP contribution in [0.15, 0.2) is 70.5 Å². The van der Waals surface area contributed by atoms with Gasteiger partial charge >= 0.3 is 0 Å². The Hall–Kier alpha value is -3.77. The zero-order valence-electron chi connectivity index (χ0n) is 23.2. The summed E-state index contributed by atoms with van der Waals surface area (Å²) in [5, 5.41) is 7.38. The van der Waals surface area contributed by atoms with Crippen LogP contribution in [-0.4, -0.2) is 53.1 Å². The van der Waals surface area contributed by atoms with Crippen molar-refractivity contribution in [1.82, 2.24) is 39.9 Å². The van der Waals surface area contributed by atoms with Crippen molar-refractivity contribution >= 4 is 11.3 Å². The number of nitrogens with zero attached hydrogens (tertiary/aromatic N) is 8. The van der Waals surface area contributed by atoms with Crippen molar-refractivity contribution in [2.24, 2.45) is 13.0 Å². The lowest BCUT2D eigenvalue weighted by atomic mass is 10.2. The molecule has 1 aliphatic rings. The lowest BCUT2D eigenvalue weighted by Crippen LogP contribution is -1.88. The number of rotatable bonds is 0. The SMILES string of the molecule is C[C@H]1CCOC1.Cc1ccno1.Cc1cnco1.Cc1cncs1.Cc1cnn(C)c1.Cc1ncncn1. The number of hydrogen-bond acceptors (Lipinski definition) is 11. The lowest BCUT2D eigenvalue weighted by Gasteiger charge is -1.89. The summed E-state index contributed by atoms with van der Waals surface area (Å²) in [5.74, 6) is 3.30. The van der Waals surface area contributed by atoms with E-state index in [0.29, 0.717) is 0 Å². The van der Waals surface area contributed by atoms with Crippen molar-refractivity contribution in [3.8, 4) is 0 Å². The first kappa shape index (κ1) is 32.3. The number of thiazole rings is 1. The van der Waals surface area contributed by atoms with Gasteiger partial charge in [0.05, 0.1) is 24.1 Å². The molecule has 11 nitrogen and oxygen atoms in total. The molecule has 38 heavy (non-hydrogen) atoms. The summed E-state index contributed by atoms with van der Waals surface area (Å²) in [6.07, 6.45) is 14.6. The summed E-state index contributed by atoms with van der Waals surface area (Å²) in [7, 11) is 1.91. The van der Waals surface area contributed by atoms with Crippen molar-refractivity contribution in [3.05, 3.63) is 89.4 Å². The van der Waals surface area contributed by atoms with E-state index in [1.54, 1.807) is 34.5 Å². The van der Waals surface area contributed by atoms with Gasteiger partial charge in [-0.25, -0.2) is 19.9 Å². The zero-order chi connectivity index (χ0) is 28.0. The van der Waals surface area contributed by atoms with E-state index < -0.39 is 0 Å². The molecule has 206 valence electrons. The predicted molar refractivity (Wildman–Crippen MR) is 146 cm³/mol. The van der Waals surface area contributed by atoms with Crippen LogP contribution in [0.4, 0.5) is 0 Å². The summed E-state index contributed by atoms with van der Waals surface area (Å²) in [6.45, 7) is 13.8. The topological polar surface area (TPSA) is 131 Å². The van der Waals surface area contributed by atoms with Gasteiger partial charge in [-0.05, 0) is 52.5 Å². The number of aromatic nitrogens is 8. The maximum atomic E-state index is 5.06. The maximum absolute atomic E-state index is 5.06. The molecule has 0 spiro atoms. The Morgan fingerprint density at radius 2 is 1.71 bits per heavy atom. The van der Waals surface area contributed by atoms with Crippen molar-refractivity contribution in [1.29, 1.82) is 0 Å². The fraction of sp³-hybridized carbons (Fsp3) is 0.423. The van der Waals surface area contributed by atoms with Gasteiger partial charge in [-0.3, -0.25) is 9.67 Å². The summed E-state index contributed by atoms with van der Waals surface area (Å²) in [6, 6.07) is 1.81. The summed E-state index contributed by atoms with van der Waals surface area (Å²) in [5.41, 5.74) is 3.04. The van der Waals surface area contributed by atoms with E-state index in [1.165, 1.54) is 35.9 Å². The van der Waals surface area contributed by atoms with Gasteiger partial charge in [-0.2, -0.15) is 5.10 Å². The standard InChI is InChI=1S/C5H8N2.C5H10O.C4H5N3.2C4H5NO.C4H5NS/c1-5-3-6-7(2)4-5;1-5-2-3-6-4-5;1-4-6-2-5-3-7-4;1-4-2-5-3-6-4;1-4-2-3-5-6-4;1-4-2-5-3-6-4/h3-4H,1-2H3;5H,2-4H2,1H3;2-3H,1H3;3*2-3H,1H3/t;5-;;;;/m.0..../s1. The van der Waals surface area contributed by atoms with Crippen LogP contribution in [-0.2, 0) is 11.8 Å². The second-order valence-electron chi connectivity index (χ2n) is 8.19. The molecule has 5 aromatic rings. The Bertz CT molecular complexity index is 1050. The molecular weight excluding hydrogens is 504 g/mol. The quantitative estimate of drug-likeness (QED) is 0.252. The number of oxazole rings is 1. The molecule has 12 heteroatoms. The third kappa shape index (κ3) is 18.5. The molecule has 0 unspecified atom stereocenters. The molecule has 0 amide bonds. The van der Waals surface area contributed by atoms with Gasteiger partial charge in [-0.1, -0.05) is 12.1 Å². The van der Waals surface area contributed by atoms with E-state index in [0.717, 1.165) is 36.5 Å². The van der Waals surface area contributed by atoms with Crippen molar-refractivity contribution in [2.45, 2.75) is 48.0 Å². The molecule has 6 rings (SSSR count). The number of ether oxygens (including phenoxy) is 1. The van der Waals surface area contributed by atoms with Crippen LogP contribution < -0.4 is 0 Å². The fourth-order valence-corrected chi connectivity index (χ4v) is 2.74. The molecule has 0 aliphatic carbocycles. The first-order valence-electron chi connectivity index (χ1n) is 11.9. The summed E-state index contributed by atoms with van der Waals surface area (Å²) >= 11 is 1.67. The summed E-state index contributed by atoms with van der Waals surface area (Å²) in [4.78, 5) is 19.9. The van der Waals surface area contributed by atoms with Gasteiger partial charge in [0.15, 0.2) is 6.39 Å². The largest absolute Gasteiger partial charge is 0.449 e. The number of aryl methyl sites for hydroxylation is 6. The third-order valence-electron chi connectivity index (χ3n) is 4.29. The van der Waals surface area contributed by atoms with E-state index in [1.807, 2.05) is 65.8 Å². The molecule has 0 aromatic carbocycles. The highest BCUT2D eigenvalue weighted by molar-refractivity contribution is 7.09. The lowest BCUT2D eigenvalue weighted by molar-refractivity contribution is 0.188. The molecule has 6 heterocycles. The third-order valence-corrected chi connectivity index (χ3v) is 5.00. The Morgan fingerprint density at radius 1 is 0.947 bits per heavy atom. The highest BCUT2D eigenvalue weighted by Crippen LogP contribution is 2.09. The minimum absolute atomic E-state index is 0.759. The van der Waals surface area contributed by atoms with Crippen LogP contribution in [0.1, 0.15) is 41.1 Å². The van der Waals surface area contributed by atoms with E-state index in [-0.39, 0.29) is 0 Å². The Balaban J connectivity index is 0.000000228. The Morgan fingerprint density at radius 3 is 1.89 bits per heavy atom. The fourth-order valence-electron chi connectivity index (χ4n) is 2.33. The number of hydrogen-bond donors (Lipinski definition) is 0. The zero-order valence-corrected chi connectivity index (χ0v) is 24.0. The first-order chi connectivity index (χ1) is 18.3. The van der Waals surface area contributed by atoms with Crippen LogP contribution >= 0.6 is 11.3 Å². The average molecular weight is 543 g/mol.